The molecule has 5 rings (SSSR count). The van der Waals surface area contributed by atoms with Gasteiger partial charge >= 0.3 is 0 Å². The summed E-state index contributed by atoms with van der Waals surface area (Å²) in [6.45, 7) is 4.81. The summed E-state index contributed by atoms with van der Waals surface area (Å²) >= 11 is 3.63. The van der Waals surface area contributed by atoms with E-state index in [1.807, 2.05) is 43.3 Å². The van der Waals surface area contributed by atoms with E-state index in [4.69, 9.17) is 4.74 Å². The minimum atomic E-state index is -0.269. The Hall–Kier alpha value is -2.37. The number of carbonyl (C=O) groups is 1. The molecule has 0 amide bonds. The molecule has 0 bridgehead atoms. The van der Waals surface area contributed by atoms with Gasteiger partial charge in [0.05, 0.1) is 0 Å². The van der Waals surface area contributed by atoms with Gasteiger partial charge in [-0.25, -0.2) is 0 Å². The Kier molecular flexibility index (Phi) is 5.49. The van der Waals surface area contributed by atoms with Crippen LogP contribution in [0.1, 0.15) is 41.7 Å². The number of ether oxygens (including phenoxy) is 1. The monoisotopic (exact) mass is 478 g/mol. The summed E-state index contributed by atoms with van der Waals surface area (Å²) in [6, 6.07) is 20.3. The summed E-state index contributed by atoms with van der Waals surface area (Å²) in [6.07, 6.45) is 6.10. The third-order valence-corrected chi connectivity index (χ3v) is 7.22. The molecule has 1 spiro atoms. The number of fused-ring (bicyclic) bond motifs is 1. The van der Waals surface area contributed by atoms with Gasteiger partial charge < -0.3 is 9.30 Å². The number of carbonyl (C=O) groups excluding carboxylic acids is 1. The Morgan fingerprint density at radius 2 is 1.94 bits per heavy atom. The first-order valence-electron chi connectivity index (χ1n) is 11.0. The van der Waals surface area contributed by atoms with Crippen LogP contribution in [0.4, 0.5) is 0 Å². The number of hydrogen-bond donors (Lipinski definition) is 0. The Morgan fingerprint density at radius 3 is 2.71 bits per heavy atom. The topological polar surface area (TPSA) is 34.5 Å². The molecule has 2 aliphatic heterocycles. The Morgan fingerprint density at radius 1 is 1.16 bits per heavy atom. The third-order valence-electron chi connectivity index (χ3n) is 6.73. The summed E-state index contributed by atoms with van der Waals surface area (Å²) in [7, 11) is 0. The lowest BCUT2D eigenvalue weighted by atomic mass is 9.90. The average molecular weight is 479 g/mol. The number of aromatic nitrogens is 1. The summed E-state index contributed by atoms with van der Waals surface area (Å²) in [5.74, 6) is 1.22. The molecule has 5 heteroatoms. The SMILES string of the molecule is CC(CCN1CCC2(C1)Oc1ccc(Br)cc1C2n1cccc1)C(=O)c1ccccc1. The van der Waals surface area contributed by atoms with E-state index in [1.54, 1.807) is 0 Å². The van der Waals surface area contributed by atoms with Gasteiger partial charge in [-0.2, -0.15) is 0 Å². The summed E-state index contributed by atoms with van der Waals surface area (Å²) in [5.41, 5.74) is 1.77. The molecule has 0 saturated carbocycles. The summed E-state index contributed by atoms with van der Waals surface area (Å²) < 4.78 is 10.0. The quantitative estimate of drug-likeness (QED) is 0.433. The highest BCUT2D eigenvalue weighted by molar-refractivity contribution is 9.10. The zero-order valence-electron chi connectivity index (χ0n) is 17.7. The maximum Gasteiger partial charge on any atom is 0.165 e. The number of halogens is 1. The predicted molar refractivity (Wildman–Crippen MR) is 126 cm³/mol. The molecule has 3 heterocycles. The second kappa shape index (κ2) is 8.29. The lowest BCUT2D eigenvalue weighted by molar-refractivity contribution is 0.0655. The predicted octanol–water partition coefficient (Wildman–Crippen LogP) is 5.59. The second-order valence-electron chi connectivity index (χ2n) is 8.83. The molecule has 3 aromatic rings. The molecule has 2 aromatic carbocycles. The smallest absolute Gasteiger partial charge is 0.165 e. The molecular weight excluding hydrogens is 452 g/mol. The first-order chi connectivity index (χ1) is 15.1. The number of ketones is 1. The van der Waals surface area contributed by atoms with Crippen LogP contribution in [0.5, 0.6) is 5.75 Å². The summed E-state index contributed by atoms with van der Waals surface area (Å²) in [4.78, 5) is 15.2. The largest absolute Gasteiger partial charge is 0.483 e. The van der Waals surface area contributed by atoms with Crippen molar-refractivity contribution in [2.45, 2.75) is 31.4 Å². The van der Waals surface area contributed by atoms with Crippen molar-refractivity contribution in [3.8, 4) is 5.75 Å². The van der Waals surface area contributed by atoms with E-state index in [2.05, 4.69) is 62.1 Å². The molecule has 2 aliphatic rings. The number of benzene rings is 2. The highest BCUT2D eigenvalue weighted by Gasteiger charge is 2.53. The summed E-state index contributed by atoms with van der Waals surface area (Å²) in [5, 5.41) is 0. The van der Waals surface area contributed by atoms with Gasteiger partial charge in [-0.3, -0.25) is 9.69 Å². The standard InChI is InChI=1S/C26H27BrN2O2/c1-19(24(30)20-7-3-2-4-8-20)11-15-28-16-12-26(18-28)25(29-13-5-6-14-29)22-17-21(27)9-10-23(22)31-26/h2-10,13-14,17,19,25H,11-12,15-16,18H2,1H3. The van der Waals surface area contributed by atoms with Gasteiger partial charge in [0.1, 0.15) is 17.4 Å². The molecule has 1 saturated heterocycles. The molecule has 3 atom stereocenters. The molecule has 3 unspecified atom stereocenters. The number of rotatable bonds is 6. The second-order valence-corrected chi connectivity index (χ2v) is 9.74. The zero-order valence-corrected chi connectivity index (χ0v) is 19.3. The van der Waals surface area contributed by atoms with E-state index >= 15 is 0 Å². The van der Waals surface area contributed by atoms with Crippen LogP contribution in [0.2, 0.25) is 0 Å². The number of hydrogen-bond acceptors (Lipinski definition) is 3. The van der Waals surface area contributed by atoms with E-state index in [0.717, 1.165) is 48.3 Å². The van der Waals surface area contributed by atoms with E-state index < -0.39 is 0 Å². The molecule has 1 fully saturated rings. The van der Waals surface area contributed by atoms with Crippen molar-refractivity contribution in [3.05, 3.63) is 88.7 Å². The normalized spacial score (nSPS) is 23.6. The maximum atomic E-state index is 12.7. The van der Waals surface area contributed by atoms with Crippen molar-refractivity contribution in [2.75, 3.05) is 19.6 Å². The van der Waals surface area contributed by atoms with Crippen LogP contribution >= 0.6 is 15.9 Å². The fourth-order valence-electron chi connectivity index (χ4n) is 5.11. The van der Waals surface area contributed by atoms with E-state index in [-0.39, 0.29) is 23.3 Å². The van der Waals surface area contributed by atoms with Gasteiger partial charge in [-0.05, 0) is 43.3 Å². The molecule has 31 heavy (non-hydrogen) atoms. The Bertz CT molecular complexity index is 1070. The third kappa shape index (κ3) is 3.85. The van der Waals surface area contributed by atoms with Crippen molar-refractivity contribution in [1.29, 1.82) is 0 Å². The first kappa shape index (κ1) is 20.5. The van der Waals surface area contributed by atoms with Gasteiger partial charge in [-0.15, -0.1) is 0 Å². The highest BCUT2D eigenvalue weighted by Crippen LogP contribution is 2.50. The van der Waals surface area contributed by atoms with Crippen molar-refractivity contribution >= 4 is 21.7 Å². The number of likely N-dealkylation sites (tertiary alicyclic amines) is 1. The van der Waals surface area contributed by atoms with Crippen molar-refractivity contribution in [3.63, 3.8) is 0 Å². The van der Waals surface area contributed by atoms with Crippen LogP contribution in [0, 0.1) is 5.92 Å². The molecule has 0 N–H and O–H groups in total. The van der Waals surface area contributed by atoms with Crippen LogP contribution in [0.25, 0.3) is 0 Å². The van der Waals surface area contributed by atoms with Gasteiger partial charge in [0, 0.05) is 53.4 Å². The zero-order chi connectivity index (χ0) is 21.4. The van der Waals surface area contributed by atoms with Crippen molar-refractivity contribution in [2.24, 2.45) is 5.92 Å². The van der Waals surface area contributed by atoms with E-state index in [9.17, 15) is 4.79 Å². The molecule has 4 nitrogen and oxygen atoms in total. The van der Waals surface area contributed by atoms with Crippen LogP contribution in [0.15, 0.2) is 77.5 Å². The first-order valence-corrected chi connectivity index (χ1v) is 11.8. The number of Topliss-reactive ketones (excluding diaryl/α,β-unsaturated/α-hetero) is 1. The van der Waals surface area contributed by atoms with Crippen LogP contribution in [-0.4, -0.2) is 40.5 Å². The fourth-order valence-corrected chi connectivity index (χ4v) is 5.49. The van der Waals surface area contributed by atoms with Gasteiger partial charge in [0.15, 0.2) is 5.78 Å². The average Bonchev–Trinajstić information content (AvgIpc) is 3.51. The van der Waals surface area contributed by atoms with Crippen LogP contribution in [-0.2, 0) is 0 Å². The fraction of sp³-hybridized carbons (Fsp3) is 0.346. The van der Waals surface area contributed by atoms with Crippen molar-refractivity contribution in [1.82, 2.24) is 9.47 Å². The van der Waals surface area contributed by atoms with Gasteiger partial charge in [0.2, 0.25) is 0 Å². The minimum Gasteiger partial charge on any atom is -0.483 e. The van der Waals surface area contributed by atoms with E-state index in [0.29, 0.717) is 0 Å². The van der Waals surface area contributed by atoms with Gasteiger partial charge in [0.25, 0.3) is 0 Å². The molecule has 0 aliphatic carbocycles. The lowest BCUT2D eigenvalue weighted by Gasteiger charge is -2.32. The lowest BCUT2D eigenvalue weighted by Crippen LogP contribution is -2.43. The molecule has 0 radical (unpaired) electrons. The molecule has 160 valence electrons. The van der Waals surface area contributed by atoms with Crippen molar-refractivity contribution < 1.29 is 9.53 Å². The van der Waals surface area contributed by atoms with Crippen LogP contribution < -0.4 is 4.74 Å². The minimum absolute atomic E-state index is 0.0110. The van der Waals surface area contributed by atoms with Crippen LogP contribution in [0.3, 0.4) is 0 Å². The molecule has 1 aromatic heterocycles. The molecular formula is C26H27BrN2O2. The van der Waals surface area contributed by atoms with E-state index in [1.165, 1.54) is 5.56 Å². The van der Waals surface area contributed by atoms with Gasteiger partial charge in [-0.1, -0.05) is 53.2 Å². The Labute approximate surface area is 192 Å². The maximum absolute atomic E-state index is 12.7. The number of nitrogens with zero attached hydrogens (tertiary/aromatic N) is 2. The highest BCUT2D eigenvalue weighted by atomic mass is 79.9. The Balaban J connectivity index is 1.30.